The number of fused-ring (bicyclic) bond motifs is 1. The first-order valence-electron chi connectivity index (χ1n) is 10.5. The molecular formula is C22H31N5O. The molecule has 2 aromatic rings. The molecule has 6 nitrogen and oxygen atoms in total. The Kier molecular flexibility index (Phi) is 5.67. The highest BCUT2D eigenvalue weighted by molar-refractivity contribution is 5.74. The first kappa shape index (κ1) is 19.0. The normalized spacial score (nSPS) is 20.1. The summed E-state index contributed by atoms with van der Waals surface area (Å²) in [7, 11) is 0. The van der Waals surface area contributed by atoms with E-state index in [0.717, 1.165) is 50.4 Å². The molecule has 1 fully saturated rings. The van der Waals surface area contributed by atoms with Gasteiger partial charge in [-0.2, -0.15) is 5.10 Å². The van der Waals surface area contributed by atoms with Crippen molar-refractivity contribution in [1.82, 2.24) is 24.9 Å². The van der Waals surface area contributed by atoms with Crippen molar-refractivity contribution >= 4 is 6.03 Å². The second-order valence-corrected chi connectivity index (χ2v) is 7.92. The van der Waals surface area contributed by atoms with Crippen molar-refractivity contribution < 1.29 is 4.79 Å². The van der Waals surface area contributed by atoms with Crippen molar-refractivity contribution in [2.75, 3.05) is 26.2 Å². The van der Waals surface area contributed by atoms with Crippen molar-refractivity contribution in [1.29, 1.82) is 0 Å². The number of aromatic nitrogens is 2. The lowest BCUT2D eigenvalue weighted by Gasteiger charge is -2.41. The molecule has 1 aliphatic heterocycles. The fourth-order valence-corrected chi connectivity index (χ4v) is 4.54. The van der Waals surface area contributed by atoms with Gasteiger partial charge in [0, 0.05) is 56.6 Å². The molecule has 0 saturated carbocycles. The summed E-state index contributed by atoms with van der Waals surface area (Å²) in [4.78, 5) is 17.1. The van der Waals surface area contributed by atoms with Crippen molar-refractivity contribution in [3.8, 4) is 0 Å². The topological polar surface area (TPSA) is 53.4 Å². The number of urea groups is 1. The van der Waals surface area contributed by atoms with Gasteiger partial charge in [-0.25, -0.2) is 4.79 Å². The minimum absolute atomic E-state index is 0.0392. The molecule has 150 valence electrons. The molecule has 2 aliphatic rings. The summed E-state index contributed by atoms with van der Waals surface area (Å²) < 4.78 is 1.96. The van der Waals surface area contributed by atoms with Crippen molar-refractivity contribution in [2.24, 2.45) is 0 Å². The number of nitrogens with zero attached hydrogens (tertiary/aromatic N) is 4. The average molecular weight is 382 g/mol. The van der Waals surface area contributed by atoms with Crippen LogP contribution in [0.4, 0.5) is 4.79 Å². The zero-order valence-corrected chi connectivity index (χ0v) is 17.0. The number of amides is 2. The van der Waals surface area contributed by atoms with Crippen LogP contribution in [0.15, 0.2) is 30.5 Å². The highest BCUT2D eigenvalue weighted by Crippen LogP contribution is 2.25. The Morgan fingerprint density at radius 2 is 1.93 bits per heavy atom. The zero-order chi connectivity index (χ0) is 19.5. The summed E-state index contributed by atoms with van der Waals surface area (Å²) in [6, 6.07) is 9.48. The number of aryl methyl sites for hydroxylation is 2. The molecule has 1 N–H and O–H groups in total. The van der Waals surface area contributed by atoms with E-state index in [4.69, 9.17) is 0 Å². The van der Waals surface area contributed by atoms with Crippen LogP contribution in [0.3, 0.4) is 0 Å². The molecule has 2 amide bonds. The van der Waals surface area contributed by atoms with Crippen molar-refractivity contribution in [2.45, 2.75) is 52.2 Å². The largest absolute Gasteiger partial charge is 0.334 e. The lowest BCUT2D eigenvalue weighted by atomic mass is 9.87. The second-order valence-electron chi connectivity index (χ2n) is 7.92. The molecular weight excluding hydrogens is 350 g/mol. The number of piperazine rings is 1. The second kappa shape index (κ2) is 8.35. The van der Waals surface area contributed by atoms with Gasteiger partial charge in [-0.15, -0.1) is 0 Å². The van der Waals surface area contributed by atoms with Gasteiger partial charge in [0.1, 0.15) is 0 Å². The molecule has 1 unspecified atom stereocenters. The van der Waals surface area contributed by atoms with E-state index in [1.807, 2.05) is 15.8 Å². The van der Waals surface area contributed by atoms with Crippen LogP contribution in [0.2, 0.25) is 0 Å². The van der Waals surface area contributed by atoms with Gasteiger partial charge in [-0.3, -0.25) is 9.58 Å². The van der Waals surface area contributed by atoms with Crippen LogP contribution in [0.1, 0.15) is 35.7 Å². The maximum atomic E-state index is 12.6. The van der Waals surface area contributed by atoms with Crippen LogP contribution < -0.4 is 5.32 Å². The van der Waals surface area contributed by atoms with E-state index in [1.54, 1.807) is 0 Å². The number of carbonyl (C=O) groups excluding carboxylic acids is 1. The summed E-state index contributed by atoms with van der Waals surface area (Å²) in [6.45, 7) is 9.07. The molecule has 0 spiro atoms. The number of rotatable bonds is 4. The van der Waals surface area contributed by atoms with Gasteiger partial charge in [0.15, 0.2) is 0 Å². The van der Waals surface area contributed by atoms with E-state index >= 15 is 0 Å². The van der Waals surface area contributed by atoms with Gasteiger partial charge in [-0.05, 0) is 44.2 Å². The van der Waals surface area contributed by atoms with E-state index < -0.39 is 0 Å². The third-order valence-corrected chi connectivity index (χ3v) is 6.37. The molecule has 1 aromatic carbocycles. The first-order valence-corrected chi connectivity index (χ1v) is 10.5. The predicted molar refractivity (Wildman–Crippen MR) is 110 cm³/mol. The van der Waals surface area contributed by atoms with E-state index in [-0.39, 0.29) is 6.03 Å². The summed E-state index contributed by atoms with van der Waals surface area (Å²) in [6.07, 6.45) is 5.40. The number of nitrogens with one attached hydrogen (secondary N) is 1. The summed E-state index contributed by atoms with van der Waals surface area (Å²) in [5.74, 6) is 0. The fourth-order valence-electron chi connectivity index (χ4n) is 4.54. The Balaban J connectivity index is 1.26. The maximum Gasteiger partial charge on any atom is 0.317 e. The fraction of sp³-hybridized carbons (Fsp3) is 0.545. The molecule has 1 aliphatic carbocycles. The highest BCUT2D eigenvalue weighted by atomic mass is 16.2. The summed E-state index contributed by atoms with van der Waals surface area (Å²) >= 11 is 0. The van der Waals surface area contributed by atoms with E-state index in [2.05, 4.69) is 53.4 Å². The average Bonchev–Trinajstić information content (AvgIpc) is 3.11. The van der Waals surface area contributed by atoms with E-state index in [1.165, 1.54) is 24.0 Å². The first-order chi connectivity index (χ1) is 13.7. The summed E-state index contributed by atoms with van der Waals surface area (Å²) in [5, 5.41) is 7.42. The van der Waals surface area contributed by atoms with Crippen LogP contribution in [0, 0.1) is 6.92 Å². The predicted octanol–water partition coefficient (Wildman–Crippen LogP) is 2.60. The molecule has 2 heterocycles. The van der Waals surface area contributed by atoms with Gasteiger partial charge in [-0.1, -0.05) is 24.3 Å². The lowest BCUT2D eigenvalue weighted by Crippen LogP contribution is -2.55. The molecule has 1 atom stereocenters. The Labute approximate surface area is 167 Å². The van der Waals surface area contributed by atoms with E-state index in [9.17, 15) is 4.79 Å². The molecule has 0 radical (unpaired) electrons. The SMILES string of the molecule is CCn1ncc(CNC(=O)N2CCN(C3CCc4ccccc4C3)CC2)c1C. The van der Waals surface area contributed by atoms with Gasteiger partial charge >= 0.3 is 6.03 Å². The van der Waals surface area contributed by atoms with Crippen LogP contribution in [-0.4, -0.2) is 57.8 Å². The Bertz CT molecular complexity index is 822. The van der Waals surface area contributed by atoms with Crippen LogP contribution in [0.5, 0.6) is 0 Å². The number of hydrogen-bond acceptors (Lipinski definition) is 3. The Morgan fingerprint density at radius 3 is 2.64 bits per heavy atom. The number of carbonyl (C=O) groups is 1. The number of benzene rings is 1. The third kappa shape index (κ3) is 3.92. The lowest BCUT2D eigenvalue weighted by molar-refractivity contribution is 0.101. The van der Waals surface area contributed by atoms with Gasteiger partial charge in [0.05, 0.1) is 6.20 Å². The van der Waals surface area contributed by atoms with Crippen LogP contribution in [-0.2, 0) is 25.9 Å². The quantitative estimate of drug-likeness (QED) is 0.886. The van der Waals surface area contributed by atoms with Gasteiger partial charge in [0.2, 0.25) is 0 Å². The highest BCUT2D eigenvalue weighted by Gasteiger charge is 2.28. The Hall–Kier alpha value is -2.34. The number of hydrogen-bond donors (Lipinski definition) is 1. The molecule has 1 saturated heterocycles. The van der Waals surface area contributed by atoms with Gasteiger partial charge in [0.25, 0.3) is 0 Å². The minimum Gasteiger partial charge on any atom is -0.334 e. The van der Waals surface area contributed by atoms with E-state index in [0.29, 0.717) is 12.6 Å². The van der Waals surface area contributed by atoms with Crippen LogP contribution >= 0.6 is 0 Å². The monoisotopic (exact) mass is 381 g/mol. The molecule has 4 rings (SSSR count). The van der Waals surface area contributed by atoms with Gasteiger partial charge < -0.3 is 10.2 Å². The molecule has 28 heavy (non-hydrogen) atoms. The Morgan fingerprint density at radius 1 is 1.18 bits per heavy atom. The zero-order valence-electron chi connectivity index (χ0n) is 17.0. The molecule has 0 bridgehead atoms. The molecule has 6 heteroatoms. The maximum absolute atomic E-state index is 12.6. The van der Waals surface area contributed by atoms with Crippen molar-refractivity contribution in [3.05, 3.63) is 52.8 Å². The van der Waals surface area contributed by atoms with Crippen LogP contribution in [0.25, 0.3) is 0 Å². The smallest absolute Gasteiger partial charge is 0.317 e. The summed E-state index contributed by atoms with van der Waals surface area (Å²) in [5.41, 5.74) is 5.24. The molecule has 1 aromatic heterocycles. The minimum atomic E-state index is 0.0392. The standard InChI is InChI=1S/C22H31N5O/c1-3-27-17(2)20(16-24-27)15-23-22(28)26-12-10-25(11-13-26)21-9-8-18-6-4-5-7-19(18)14-21/h4-7,16,21H,3,8-15H2,1-2H3,(H,23,28). The van der Waals surface area contributed by atoms with Crippen molar-refractivity contribution in [3.63, 3.8) is 0 Å². The third-order valence-electron chi connectivity index (χ3n) is 6.37.